The number of fused-ring (bicyclic) bond motifs is 15. The summed E-state index contributed by atoms with van der Waals surface area (Å²) in [5, 5.41) is 16.2. The quantitative estimate of drug-likeness (QED) is 0.0712. The number of ether oxygens (including phenoxy) is 2. The Morgan fingerprint density at radius 1 is 0.207 bits per heavy atom. The van der Waals surface area contributed by atoms with Crippen molar-refractivity contribution in [2.75, 3.05) is 9.80 Å². The Morgan fingerprint density at radius 2 is 0.579 bits per heavy atom. The first-order valence-electron chi connectivity index (χ1n) is 50.1. The number of benzene rings is 23. The molecule has 0 radical (unpaired) electrons. The normalized spacial score (nSPS) is 11.8. The predicted molar refractivity (Wildman–Crippen MR) is 610 cm³/mol. The molecule has 0 atom stereocenters. The van der Waals surface area contributed by atoms with Gasteiger partial charge in [-0.15, -0.1) is 0 Å². The van der Waals surface area contributed by atoms with Crippen molar-refractivity contribution >= 4 is 167 Å². The third-order valence-corrected chi connectivity index (χ3v) is 30.2. The molecule has 9 heteroatoms. The molecule has 3 heterocycles. The average molecular weight is 1870 g/mol. The van der Waals surface area contributed by atoms with Crippen LogP contribution in [0, 0.1) is 80.9 Å². The SMILES string of the molecule is Cc1cc(C)c(B(c2c(C)cc(C)cc2C)c2cc3c4cccc5c4c(cc3c3ccccc23)-c2ccc(N(c3c(C)cc(C)cc3C)c3c(F)cc(-c4ccccc4)cc3-c3ccccc3)cc2O5)c(C)c1.Cc1ccccc1B(c1cc2c3cccc4c3c(cc2c2ccccc12)-c1ccc(N(c2ccccc2)c2c(F)cc(-c3ccccc3)cc2-c2ccccc2)cc1O4)c1cccc2c1oc1ccccc12. The Balaban J connectivity index is 0.000000152. The summed E-state index contributed by atoms with van der Waals surface area (Å²) in [4.78, 5) is 4.15. The number of hydrogen-bond acceptors (Lipinski definition) is 5. The first-order chi connectivity index (χ1) is 70.9. The van der Waals surface area contributed by atoms with Crippen molar-refractivity contribution in [1.29, 1.82) is 0 Å². The number of para-hydroxylation sites is 3. The summed E-state index contributed by atoms with van der Waals surface area (Å²) in [5.74, 6) is 2.37. The molecule has 0 saturated carbocycles. The molecule has 24 aromatic rings. The van der Waals surface area contributed by atoms with Gasteiger partial charge in [-0.1, -0.05) is 393 Å². The van der Waals surface area contributed by atoms with E-state index in [1.807, 2.05) is 150 Å². The minimum atomic E-state index is -0.329. The van der Waals surface area contributed by atoms with Crippen LogP contribution in [-0.2, 0) is 0 Å². The zero-order valence-corrected chi connectivity index (χ0v) is 82.4. The first-order valence-corrected chi connectivity index (χ1v) is 50.1. The molecule has 5 nitrogen and oxygen atoms in total. The highest BCUT2D eigenvalue weighted by Gasteiger charge is 2.37. The number of aryl methyl sites for hydroxylation is 10. The number of halogens is 2. The number of nitrogens with zero attached hydrogens (tertiary/aromatic N) is 2. The fourth-order valence-corrected chi connectivity index (χ4v) is 24.3. The van der Waals surface area contributed by atoms with Crippen LogP contribution in [-0.4, -0.2) is 13.4 Å². The Morgan fingerprint density at radius 3 is 1.06 bits per heavy atom. The lowest BCUT2D eigenvalue weighted by molar-refractivity contribution is 0.487. The van der Waals surface area contributed by atoms with Gasteiger partial charge in [0.1, 0.15) is 45.8 Å². The lowest BCUT2D eigenvalue weighted by atomic mass is 9.33. The highest BCUT2D eigenvalue weighted by atomic mass is 19.1. The van der Waals surface area contributed by atoms with Crippen molar-refractivity contribution in [3.63, 3.8) is 0 Å². The zero-order chi connectivity index (χ0) is 98.3. The molecule has 2 aliphatic heterocycles. The minimum absolute atomic E-state index is 0.00208. The molecule has 0 N–H and O–H groups in total. The molecule has 0 bridgehead atoms. The Labute approximate surface area is 844 Å². The van der Waals surface area contributed by atoms with Gasteiger partial charge < -0.3 is 23.7 Å². The maximum Gasteiger partial charge on any atom is 0.247 e. The average Bonchev–Trinajstić information content (AvgIpc) is 1.10. The Hall–Kier alpha value is -17.4. The summed E-state index contributed by atoms with van der Waals surface area (Å²) in [6.07, 6.45) is 0. The van der Waals surface area contributed by atoms with Gasteiger partial charge >= 0.3 is 0 Å². The van der Waals surface area contributed by atoms with Gasteiger partial charge in [-0.3, -0.25) is 0 Å². The zero-order valence-electron chi connectivity index (χ0n) is 82.4. The largest absolute Gasteiger partial charge is 0.457 e. The van der Waals surface area contributed by atoms with Crippen LogP contribution >= 0.6 is 0 Å². The highest BCUT2D eigenvalue weighted by molar-refractivity contribution is 6.99. The molecule has 0 unspecified atom stereocenters. The van der Waals surface area contributed by atoms with Gasteiger partial charge in [0.25, 0.3) is 0 Å². The number of hydrogen-bond donors (Lipinski definition) is 0. The summed E-state index contributed by atoms with van der Waals surface area (Å²) < 4.78 is 56.1. The lowest BCUT2D eigenvalue weighted by Gasteiger charge is -2.32. The van der Waals surface area contributed by atoms with Crippen LogP contribution in [0.5, 0.6) is 23.0 Å². The van der Waals surface area contributed by atoms with E-state index in [0.29, 0.717) is 17.1 Å². The van der Waals surface area contributed by atoms with Crippen molar-refractivity contribution in [2.45, 2.75) is 69.2 Å². The van der Waals surface area contributed by atoms with Crippen LogP contribution in [0.2, 0.25) is 0 Å². The van der Waals surface area contributed by atoms with Crippen LogP contribution in [0.25, 0.3) is 153 Å². The molecule has 23 aromatic carbocycles. The molecular formula is C136H100B2F2N2O3. The second kappa shape index (κ2) is 36.0. The Bertz CT molecular complexity index is 9300. The molecule has 0 saturated heterocycles. The maximum atomic E-state index is 17.7. The third-order valence-electron chi connectivity index (χ3n) is 30.2. The van der Waals surface area contributed by atoms with Gasteiger partial charge in [0.2, 0.25) is 13.4 Å². The smallest absolute Gasteiger partial charge is 0.247 e. The topological polar surface area (TPSA) is 38.1 Å². The van der Waals surface area contributed by atoms with Crippen LogP contribution in [0.1, 0.15) is 55.6 Å². The number of furan rings is 1. The van der Waals surface area contributed by atoms with Crippen molar-refractivity contribution in [2.24, 2.45) is 0 Å². The van der Waals surface area contributed by atoms with Gasteiger partial charge in [0.05, 0.1) is 28.4 Å². The molecule has 1 aromatic heterocycles. The van der Waals surface area contributed by atoms with E-state index in [9.17, 15) is 0 Å². The maximum absolute atomic E-state index is 17.7. The standard InChI is InChI=1S/C69H57BFNO.C67H43BFNO2/c1-40-29-43(4)66(44(5)30-40)70(67-45(6)31-41(2)32-46(67)7)61-39-59-56-25-18-26-63-65(56)60(38-58(59)53-23-16-17-24-54(53)61)55-28-27-52(37-64(55)73-63)72(68-47(8)33-42(3)34-48(68)9)69-57(50-21-14-11-15-22-50)35-51(36-62(69)71)49-19-12-10-13-20-49;1-42-19-11-15-31-58(42)68(59-32-17-30-53-50-28-14-16-33-62(50)72-67(53)59)60-41-56-52-29-18-34-63-65(52)57(40-55(56)48-26-12-13-27-49(48)60)51-36-35-47(39-64(51)71-63)70(46-24-9-4-10-25-46)66-54(44-22-7-3-8-23-44)37-45(38-61(66)69)43-20-5-2-6-21-43/h10-39H,1-9H3;2-41H,1H3. The van der Waals surface area contributed by atoms with E-state index in [2.05, 4.69) is 341 Å². The summed E-state index contributed by atoms with van der Waals surface area (Å²) >= 11 is 0. The van der Waals surface area contributed by atoms with Crippen LogP contribution in [0.3, 0.4) is 0 Å². The molecule has 2 aliphatic rings. The number of rotatable bonds is 16. The van der Waals surface area contributed by atoms with Crippen molar-refractivity contribution in [3.8, 4) is 89.8 Å². The minimum Gasteiger partial charge on any atom is -0.457 e. The second-order valence-electron chi connectivity index (χ2n) is 39.6. The van der Waals surface area contributed by atoms with Gasteiger partial charge in [-0.05, 0) is 275 Å². The summed E-state index contributed by atoms with van der Waals surface area (Å²) in [6.45, 7) is 22.0. The molecular weight excluding hydrogens is 1770 g/mol. The molecule has 145 heavy (non-hydrogen) atoms. The van der Waals surface area contributed by atoms with Crippen molar-refractivity contribution in [3.05, 3.63) is 492 Å². The monoisotopic (exact) mass is 1870 g/mol. The molecule has 0 spiro atoms. The lowest BCUT2D eigenvalue weighted by Crippen LogP contribution is -2.56. The van der Waals surface area contributed by atoms with E-state index >= 15 is 8.78 Å². The molecule has 0 aliphatic carbocycles. The molecule has 692 valence electrons. The second-order valence-corrected chi connectivity index (χ2v) is 39.6. The van der Waals surface area contributed by atoms with E-state index in [4.69, 9.17) is 13.9 Å². The summed E-state index contributed by atoms with van der Waals surface area (Å²) in [7, 11) is 0. The Kier molecular flexibility index (Phi) is 22.1. The predicted octanol–water partition coefficient (Wildman–Crippen LogP) is 33.7. The van der Waals surface area contributed by atoms with Gasteiger partial charge in [0.15, 0.2) is 0 Å². The van der Waals surface area contributed by atoms with Crippen LogP contribution < -0.4 is 52.1 Å². The van der Waals surface area contributed by atoms with Gasteiger partial charge in [-0.2, -0.15) is 0 Å². The summed E-state index contributed by atoms with van der Waals surface area (Å²) in [6, 6.07) is 149. The molecule has 26 rings (SSSR count). The third kappa shape index (κ3) is 15.3. The van der Waals surface area contributed by atoms with Crippen molar-refractivity contribution < 1.29 is 22.7 Å². The summed E-state index contributed by atoms with van der Waals surface area (Å²) in [5.41, 5.74) is 37.1. The fraction of sp³-hybridized carbons (Fsp3) is 0.0735. The van der Waals surface area contributed by atoms with E-state index < -0.39 is 0 Å². The van der Waals surface area contributed by atoms with E-state index in [0.717, 1.165) is 183 Å². The first kappa shape index (κ1) is 89.0. The highest BCUT2D eigenvalue weighted by Crippen LogP contribution is 2.57. The van der Waals surface area contributed by atoms with Gasteiger partial charge in [0, 0.05) is 61.6 Å². The van der Waals surface area contributed by atoms with E-state index in [1.54, 1.807) is 12.1 Å². The van der Waals surface area contributed by atoms with Crippen molar-refractivity contribution in [1.82, 2.24) is 0 Å². The number of anilines is 6. The van der Waals surface area contributed by atoms with E-state index in [1.165, 1.54) is 98.6 Å². The molecule has 0 amide bonds. The fourth-order valence-electron chi connectivity index (χ4n) is 24.3. The molecule has 0 fully saturated rings. The van der Waals surface area contributed by atoms with Gasteiger partial charge in [-0.25, -0.2) is 8.78 Å². The van der Waals surface area contributed by atoms with Crippen LogP contribution in [0.4, 0.5) is 42.9 Å². The van der Waals surface area contributed by atoms with E-state index in [-0.39, 0.29) is 25.1 Å². The van der Waals surface area contributed by atoms with Crippen LogP contribution in [0.15, 0.2) is 429 Å².